The van der Waals surface area contributed by atoms with Crippen LogP contribution in [0.3, 0.4) is 0 Å². The summed E-state index contributed by atoms with van der Waals surface area (Å²) in [5.41, 5.74) is 0. The van der Waals surface area contributed by atoms with Gasteiger partial charge in [0.1, 0.15) is 12.7 Å². The fraction of sp³-hybridized carbons (Fsp3) is 0.909. The molecular formula is C11H20O4S2. The molecule has 0 aromatic heterocycles. The van der Waals surface area contributed by atoms with E-state index in [0.717, 1.165) is 18.1 Å². The Morgan fingerprint density at radius 1 is 1.47 bits per heavy atom. The first-order valence-corrected chi connectivity index (χ1v) is 8.33. The average molecular weight is 280 g/mol. The molecule has 1 unspecified atom stereocenters. The third-order valence-corrected chi connectivity index (χ3v) is 5.54. The van der Waals surface area contributed by atoms with Crippen LogP contribution in [0.1, 0.15) is 32.1 Å². The Hall–Kier alpha value is 0.0900. The molecule has 0 aromatic rings. The number of hydrogen-bond acceptors (Lipinski definition) is 6. The molecule has 1 aliphatic rings. The number of aliphatic hydroxyl groups is 2. The fourth-order valence-electron chi connectivity index (χ4n) is 1.52. The van der Waals surface area contributed by atoms with Crippen LogP contribution >= 0.6 is 21.6 Å². The van der Waals surface area contributed by atoms with Crippen LogP contribution in [0.25, 0.3) is 0 Å². The number of hydrogen-bond donors (Lipinski definition) is 2. The predicted molar refractivity (Wildman–Crippen MR) is 71.0 cm³/mol. The molecule has 1 rings (SSSR count). The molecule has 0 radical (unpaired) electrons. The van der Waals surface area contributed by atoms with Crippen molar-refractivity contribution in [1.82, 2.24) is 0 Å². The van der Waals surface area contributed by atoms with Crippen LogP contribution in [-0.4, -0.2) is 46.5 Å². The Kier molecular flexibility index (Phi) is 8.09. The maximum atomic E-state index is 11.2. The highest BCUT2D eigenvalue weighted by Crippen LogP contribution is 2.39. The molecule has 1 heterocycles. The lowest BCUT2D eigenvalue weighted by atomic mass is 10.1. The number of unbranched alkanes of at least 4 members (excludes halogenated alkanes) is 1. The summed E-state index contributed by atoms with van der Waals surface area (Å²) in [6.07, 6.45) is 3.80. The van der Waals surface area contributed by atoms with E-state index in [1.165, 1.54) is 18.6 Å². The maximum Gasteiger partial charge on any atom is 0.305 e. The van der Waals surface area contributed by atoms with Gasteiger partial charge in [0.2, 0.25) is 0 Å². The van der Waals surface area contributed by atoms with Crippen molar-refractivity contribution in [3.05, 3.63) is 0 Å². The third-order valence-electron chi connectivity index (χ3n) is 2.53. The molecule has 100 valence electrons. The quantitative estimate of drug-likeness (QED) is 0.400. The van der Waals surface area contributed by atoms with Crippen LogP contribution < -0.4 is 0 Å². The molecule has 1 saturated heterocycles. The molecular weight excluding hydrogens is 260 g/mol. The van der Waals surface area contributed by atoms with Crippen LogP contribution in [0, 0.1) is 0 Å². The average Bonchev–Trinajstić information content (AvgIpc) is 2.84. The highest BCUT2D eigenvalue weighted by molar-refractivity contribution is 8.77. The number of carbonyl (C=O) groups is 1. The van der Waals surface area contributed by atoms with Crippen molar-refractivity contribution in [2.45, 2.75) is 43.5 Å². The van der Waals surface area contributed by atoms with E-state index in [4.69, 9.17) is 14.9 Å². The summed E-state index contributed by atoms with van der Waals surface area (Å²) >= 11 is 0. The summed E-state index contributed by atoms with van der Waals surface area (Å²) in [5, 5.41) is 18.3. The number of ether oxygens (including phenoxy) is 1. The molecule has 6 heteroatoms. The van der Waals surface area contributed by atoms with Crippen molar-refractivity contribution < 1.29 is 19.7 Å². The topological polar surface area (TPSA) is 66.8 Å². The van der Waals surface area contributed by atoms with E-state index in [-0.39, 0.29) is 19.2 Å². The van der Waals surface area contributed by atoms with E-state index in [0.29, 0.717) is 6.42 Å². The Morgan fingerprint density at radius 3 is 2.94 bits per heavy atom. The van der Waals surface area contributed by atoms with Crippen molar-refractivity contribution in [2.75, 3.05) is 19.0 Å². The second kappa shape index (κ2) is 9.08. The van der Waals surface area contributed by atoms with Gasteiger partial charge in [0.25, 0.3) is 0 Å². The van der Waals surface area contributed by atoms with Gasteiger partial charge < -0.3 is 14.9 Å². The van der Waals surface area contributed by atoms with Crippen molar-refractivity contribution in [1.29, 1.82) is 0 Å². The van der Waals surface area contributed by atoms with Gasteiger partial charge in [-0.05, 0) is 19.3 Å². The first-order valence-electron chi connectivity index (χ1n) is 5.95. The highest BCUT2D eigenvalue weighted by Gasteiger charge is 2.16. The standard InChI is InChI=1S/C11H20O4S2/c12-7-9(13)8-15-11(14)4-2-1-3-10-5-6-16-17-10/h9-10,12-13H,1-8H2/t9?,10-/m1/s1. The van der Waals surface area contributed by atoms with Gasteiger partial charge in [0.15, 0.2) is 0 Å². The first kappa shape index (κ1) is 15.1. The Labute approximate surface area is 110 Å². The molecule has 17 heavy (non-hydrogen) atoms. The van der Waals surface area contributed by atoms with Crippen LogP contribution in [0.15, 0.2) is 0 Å². The van der Waals surface area contributed by atoms with Crippen LogP contribution in [0.4, 0.5) is 0 Å². The smallest absolute Gasteiger partial charge is 0.305 e. The predicted octanol–water partition coefficient (Wildman–Crippen LogP) is 1.60. The number of carbonyl (C=O) groups excluding carboxylic acids is 1. The SMILES string of the molecule is O=C(CCCC[C@@H]1CCSS1)OCC(O)CO. The van der Waals surface area contributed by atoms with E-state index in [9.17, 15) is 4.79 Å². The van der Waals surface area contributed by atoms with Gasteiger partial charge in [-0.3, -0.25) is 4.79 Å². The normalized spacial score (nSPS) is 21.4. The summed E-state index contributed by atoms with van der Waals surface area (Å²) in [7, 11) is 3.89. The number of rotatable bonds is 8. The van der Waals surface area contributed by atoms with Crippen LogP contribution in [0.2, 0.25) is 0 Å². The second-order valence-corrected chi connectivity index (χ2v) is 6.88. The Bertz CT molecular complexity index is 220. The summed E-state index contributed by atoms with van der Waals surface area (Å²) in [6, 6.07) is 0. The van der Waals surface area contributed by atoms with Gasteiger partial charge in [0.05, 0.1) is 6.61 Å². The molecule has 2 atom stereocenters. The van der Waals surface area contributed by atoms with Gasteiger partial charge >= 0.3 is 5.97 Å². The lowest BCUT2D eigenvalue weighted by Crippen LogP contribution is -2.21. The minimum absolute atomic E-state index is 0.107. The van der Waals surface area contributed by atoms with Gasteiger partial charge in [-0.1, -0.05) is 28.0 Å². The molecule has 0 spiro atoms. The zero-order valence-corrected chi connectivity index (χ0v) is 11.5. The highest BCUT2D eigenvalue weighted by atomic mass is 33.1. The van der Waals surface area contributed by atoms with E-state index >= 15 is 0 Å². The van der Waals surface area contributed by atoms with Crippen molar-refractivity contribution in [3.63, 3.8) is 0 Å². The molecule has 0 bridgehead atoms. The first-order chi connectivity index (χ1) is 8.22. The summed E-state index contributed by atoms with van der Waals surface area (Å²) in [6.45, 7) is -0.478. The van der Waals surface area contributed by atoms with Gasteiger partial charge in [-0.15, -0.1) is 0 Å². The van der Waals surface area contributed by atoms with E-state index in [1.54, 1.807) is 0 Å². The molecule has 0 saturated carbocycles. The third kappa shape index (κ3) is 7.18. The van der Waals surface area contributed by atoms with E-state index in [2.05, 4.69) is 0 Å². The summed E-state index contributed by atoms with van der Waals surface area (Å²) < 4.78 is 4.81. The van der Waals surface area contributed by atoms with Gasteiger partial charge in [0, 0.05) is 17.4 Å². The molecule has 0 amide bonds. The molecule has 1 fully saturated rings. The largest absolute Gasteiger partial charge is 0.463 e. The summed E-state index contributed by atoms with van der Waals surface area (Å²) in [4.78, 5) is 11.2. The fourth-order valence-corrected chi connectivity index (χ4v) is 4.55. The lowest BCUT2D eigenvalue weighted by molar-refractivity contribution is -0.147. The molecule has 0 aliphatic carbocycles. The molecule has 4 nitrogen and oxygen atoms in total. The zero-order valence-electron chi connectivity index (χ0n) is 9.84. The minimum Gasteiger partial charge on any atom is -0.463 e. The minimum atomic E-state index is -0.953. The maximum absolute atomic E-state index is 11.2. The van der Waals surface area contributed by atoms with E-state index < -0.39 is 6.10 Å². The zero-order chi connectivity index (χ0) is 12.5. The van der Waals surface area contributed by atoms with Crippen LogP contribution in [0.5, 0.6) is 0 Å². The van der Waals surface area contributed by atoms with Crippen molar-refractivity contribution in [3.8, 4) is 0 Å². The Morgan fingerprint density at radius 2 is 2.29 bits per heavy atom. The van der Waals surface area contributed by atoms with E-state index in [1.807, 2.05) is 21.6 Å². The summed E-state index contributed by atoms with van der Waals surface area (Å²) in [5.74, 6) is 0.960. The molecule has 2 N–H and O–H groups in total. The van der Waals surface area contributed by atoms with Crippen LogP contribution in [-0.2, 0) is 9.53 Å². The number of aliphatic hydroxyl groups excluding tert-OH is 2. The number of esters is 1. The van der Waals surface area contributed by atoms with Crippen molar-refractivity contribution in [2.24, 2.45) is 0 Å². The van der Waals surface area contributed by atoms with Gasteiger partial charge in [-0.2, -0.15) is 0 Å². The molecule has 1 aliphatic heterocycles. The monoisotopic (exact) mass is 280 g/mol. The van der Waals surface area contributed by atoms with Crippen molar-refractivity contribution >= 4 is 27.6 Å². The Balaban J connectivity index is 1.92. The molecule has 0 aromatic carbocycles. The lowest BCUT2D eigenvalue weighted by Gasteiger charge is -2.09. The second-order valence-electron chi connectivity index (χ2n) is 4.09. The van der Waals surface area contributed by atoms with Gasteiger partial charge in [-0.25, -0.2) is 0 Å².